The van der Waals surface area contributed by atoms with E-state index in [-0.39, 0.29) is 5.97 Å². The number of carbonyl (C=O) groups excluding carboxylic acids is 1. The maximum absolute atomic E-state index is 12.0. The minimum absolute atomic E-state index is 0.344. The molecule has 0 aromatic heterocycles. The van der Waals surface area contributed by atoms with Crippen molar-refractivity contribution in [3.8, 4) is 0 Å². The van der Waals surface area contributed by atoms with Gasteiger partial charge in [0.05, 0.1) is 13.2 Å². The number of carbonyl (C=O) groups is 1. The summed E-state index contributed by atoms with van der Waals surface area (Å²) >= 11 is 0. The van der Waals surface area contributed by atoms with E-state index in [1.54, 1.807) is 6.92 Å². The molecule has 0 N–H and O–H groups in total. The summed E-state index contributed by atoms with van der Waals surface area (Å²) in [5, 5.41) is 0. The Kier molecular flexibility index (Phi) is 5.33. The predicted octanol–water partition coefficient (Wildman–Crippen LogP) is 3.51. The van der Waals surface area contributed by atoms with E-state index in [0.717, 1.165) is 11.1 Å². The Morgan fingerprint density at radius 1 is 1.00 bits per heavy atom. The van der Waals surface area contributed by atoms with Gasteiger partial charge in [0.2, 0.25) is 0 Å². The van der Waals surface area contributed by atoms with Gasteiger partial charge in [-0.05, 0) is 18.1 Å². The van der Waals surface area contributed by atoms with Gasteiger partial charge in [0, 0.05) is 0 Å². The second-order valence-corrected chi connectivity index (χ2v) is 4.34. The molecule has 0 aliphatic rings. The van der Waals surface area contributed by atoms with Gasteiger partial charge >= 0.3 is 5.97 Å². The van der Waals surface area contributed by atoms with Crippen molar-refractivity contribution in [2.45, 2.75) is 19.6 Å². The van der Waals surface area contributed by atoms with Crippen LogP contribution in [-0.2, 0) is 20.9 Å². The van der Waals surface area contributed by atoms with Gasteiger partial charge in [-0.3, -0.25) is 0 Å². The van der Waals surface area contributed by atoms with Crippen LogP contribution in [0.15, 0.2) is 60.7 Å². The third kappa shape index (κ3) is 3.93. The fourth-order valence-electron chi connectivity index (χ4n) is 1.90. The number of ether oxygens (including phenoxy) is 2. The van der Waals surface area contributed by atoms with Crippen molar-refractivity contribution in [2.75, 3.05) is 6.61 Å². The van der Waals surface area contributed by atoms with Crippen LogP contribution in [0.25, 0.3) is 0 Å². The second kappa shape index (κ2) is 7.46. The molecule has 0 fully saturated rings. The molecule has 2 aromatic rings. The summed E-state index contributed by atoms with van der Waals surface area (Å²) in [4.78, 5) is 12.0. The Morgan fingerprint density at radius 2 is 1.60 bits per heavy atom. The zero-order chi connectivity index (χ0) is 14.2. The van der Waals surface area contributed by atoms with Gasteiger partial charge in [0.25, 0.3) is 0 Å². The van der Waals surface area contributed by atoms with Crippen LogP contribution in [0.3, 0.4) is 0 Å². The number of esters is 1. The number of rotatable bonds is 6. The fourth-order valence-corrected chi connectivity index (χ4v) is 1.90. The minimum Gasteiger partial charge on any atom is -0.464 e. The Balaban J connectivity index is 2.09. The Labute approximate surface area is 119 Å². The smallest absolute Gasteiger partial charge is 0.339 e. The molecule has 104 valence electrons. The highest BCUT2D eigenvalue weighted by Gasteiger charge is 2.22. The van der Waals surface area contributed by atoms with Crippen LogP contribution in [0.5, 0.6) is 0 Å². The third-order valence-electron chi connectivity index (χ3n) is 2.86. The van der Waals surface area contributed by atoms with Gasteiger partial charge in [0.1, 0.15) is 0 Å². The van der Waals surface area contributed by atoms with E-state index in [9.17, 15) is 4.79 Å². The molecule has 0 saturated carbocycles. The first kappa shape index (κ1) is 14.3. The SMILES string of the molecule is CCOC(=O)[C@H](OCc1ccccc1)c1ccccc1. The highest BCUT2D eigenvalue weighted by atomic mass is 16.6. The Bertz CT molecular complexity index is 522. The van der Waals surface area contributed by atoms with E-state index < -0.39 is 6.10 Å². The van der Waals surface area contributed by atoms with Gasteiger partial charge in [-0.15, -0.1) is 0 Å². The summed E-state index contributed by atoms with van der Waals surface area (Å²) in [5.41, 5.74) is 1.83. The molecule has 0 unspecified atom stereocenters. The molecule has 3 nitrogen and oxygen atoms in total. The fraction of sp³-hybridized carbons (Fsp3) is 0.235. The lowest BCUT2D eigenvalue weighted by Gasteiger charge is -2.17. The van der Waals surface area contributed by atoms with Gasteiger partial charge in [-0.25, -0.2) is 4.79 Å². The first-order chi connectivity index (χ1) is 9.81. The van der Waals surface area contributed by atoms with E-state index in [2.05, 4.69) is 0 Å². The quantitative estimate of drug-likeness (QED) is 0.753. The Hall–Kier alpha value is -2.13. The van der Waals surface area contributed by atoms with Crippen molar-refractivity contribution >= 4 is 5.97 Å². The zero-order valence-electron chi connectivity index (χ0n) is 11.5. The molecule has 0 aliphatic carbocycles. The summed E-state index contributed by atoms with van der Waals surface area (Å²) in [6.45, 7) is 2.51. The maximum Gasteiger partial charge on any atom is 0.339 e. The summed E-state index contributed by atoms with van der Waals surface area (Å²) in [6, 6.07) is 19.2. The number of hydrogen-bond donors (Lipinski definition) is 0. The van der Waals surface area contributed by atoms with Crippen LogP contribution in [0.2, 0.25) is 0 Å². The third-order valence-corrected chi connectivity index (χ3v) is 2.86. The molecule has 0 saturated heterocycles. The van der Waals surface area contributed by atoms with Crippen LogP contribution in [-0.4, -0.2) is 12.6 Å². The van der Waals surface area contributed by atoms with Gasteiger partial charge in [-0.1, -0.05) is 60.7 Å². The minimum atomic E-state index is -0.684. The highest BCUT2D eigenvalue weighted by molar-refractivity contribution is 5.76. The van der Waals surface area contributed by atoms with E-state index >= 15 is 0 Å². The molecule has 2 aromatic carbocycles. The maximum atomic E-state index is 12.0. The highest BCUT2D eigenvalue weighted by Crippen LogP contribution is 2.20. The molecule has 0 spiro atoms. The monoisotopic (exact) mass is 270 g/mol. The normalized spacial score (nSPS) is 11.8. The van der Waals surface area contributed by atoms with Crippen molar-refractivity contribution in [2.24, 2.45) is 0 Å². The summed E-state index contributed by atoms with van der Waals surface area (Å²) in [7, 11) is 0. The van der Waals surface area contributed by atoms with Crippen molar-refractivity contribution in [1.29, 1.82) is 0 Å². The van der Waals surface area contributed by atoms with Crippen molar-refractivity contribution in [1.82, 2.24) is 0 Å². The molecular formula is C17H18O3. The Morgan fingerprint density at radius 3 is 2.20 bits per heavy atom. The van der Waals surface area contributed by atoms with E-state index in [1.807, 2.05) is 60.7 Å². The molecule has 0 aliphatic heterocycles. The molecule has 20 heavy (non-hydrogen) atoms. The lowest BCUT2D eigenvalue weighted by molar-refractivity contribution is -0.158. The summed E-state index contributed by atoms with van der Waals surface area (Å²) in [6.07, 6.45) is -0.684. The first-order valence-corrected chi connectivity index (χ1v) is 6.68. The molecule has 0 bridgehead atoms. The molecule has 0 radical (unpaired) electrons. The molecule has 3 heteroatoms. The van der Waals surface area contributed by atoms with Crippen molar-refractivity contribution in [3.05, 3.63) is 71.8 Å². The van der Waals surface area contributed by atoms with Crippen molar-refractivity contribution in [3.63, 3.8) is 0 Å². The summed E-state index contributed by atoms with van der Waals surface area (Å²) < 4.78 is 10.8. The predicted molar refractivity (Wildman–Crippen MR) is 77.0 cm³/mol. The molecule has 1 atom stereocenters. The topological polar surface area (TPSA) is 35.5 Å². The molecule has 2 rings (SSSR count). The van der Waals surface area contributed by atoms with Crippen LogP contribution in [0.1, 0.15) is 24.2 Å². The average Bonchev–Trinajstić information content (AvgIpc) is 2.50. The second-order valence-electron chi connectivity index (χ2n) is 4.34. The molecule has 0 heterocycles. The van der Waals surface area contributed by atoms with Crippen LogP contribution in [0.4, 0.5) is 0 Å². The first-order valence-electron chi connectivity index (χ1n) is 6.68. The van der Waals surface area contributed by atoms with Gasteiger partial charge in [0.15, 0.2) is 6.10 Å². The largest absolute Gasteiger partial charge is 0.464 e. The van der Waals surface area contributed by atoms with Crippen LogP contribution < -0.4 is 0 Å². The number of hydrogen-bond acceptors (Lipinski definition) is 3. The van der Waals surface area contributed by atoms with Gasteiger partial charge in [-0.2, -0.15) is 0 Å². The molecular weight excluding hydrogens is 252 g/mol. The summed E-state index contributed by atoms with van der Waals surface area (Å²) in [5.74, 6) is -0.352. The van der Waals surface area contributed by atoms with Gasteiger partial charge < -0.3 is 9.47 Å². The lowest BCUT2D eigenvalue weighted by atomic mass is 10.1. The zero-order valence-corrected chi connectivity index (χ0v) is 11.5. The van der Waals surface area contributed by atoms with E-state index in [0.29, 0.717) is 13.2 Å². The van der Waals surface area contributed by atoms with Crippen LogP contribution in [0, 0.1) is 0 Å². The standard InChI is InChI=1S/C17H18O3/c1-2-19-17(18)16(15-11-7-4-8-12-15)20-13-14-9-5-3-6-10-14/h3-12,16H,2,13H2,1H3/t16-/m1/s1. The number of benzene rings is 2. The average molecular weight is 270 g/mol. The van der Waals surface area contributed by atoms with Crippen LogP contribution >= 0.6 is 0 Å². The van der Waals surface area contributed by atoms with E-state index in [1.165, 1.54) is 0 Å². The van der Waals surface area contributed by atoms with Crippen molar-refractivity contribution < 1.29 is 14.3 Å². The van der Waals surface area contributed by atoms with E-state index in [4.69, 9.17) is 9.47 Å². The lowest BCUT2D eigenvalue weighted by Crippen LogP contribution is -2.19. The molecule has 0 amide bonds.